The van der Waals surface area contributed by atoms with Gasteiger partial charge in [0.15, 0.2) is 11.5 Å². The van der Waals surface area contributed by atoms with Gasteiger partial charge in [0.25, 0.3) is 0 Å². The number of benzene rings is 2. The van der Waals surface area contributed by atoms with E-state index in [1.165, 1.54) is 0 Å². The van der Waals surface area contributed by atoms with E-state index in [9.17, 15) is 4.79 Å². The second-order valence-corrected chi connectivity index (χ2v) is 8.74. The Kier molecular flexibility index (Phi) is 4.81. The van der Waals surface area contributed by atoms with Crippen molar-refractivity contribution in [2.24, 2.45) is 5.10 Å². The molecule has 1 amide bonds. The number of hydrazone groups is 1. The van der Waals surface area contributed by atoms with E-state index in [1.54, 1.807) is 4.90 Å². The third-order valence-electron chi connectivity index (χ3n) is 6.85. The molecule has 1 fully saturated rings. The molecule has 4 aliphatic rings. The molecular weight excluding hydrogens is 422 g/mol. The fourth-order valence-corrected chi connectivity index (χ4v) is 5.21. The van der Waals surface area contributed by atoms with Crippen LogP contribution in [0.3, 0.4) is 0 Å². The molecule has 2 aromatic rings. The number of rotatable bonds is 2. The summed E-state index contributed by atoms with van der Waals surface area (Å²) in [4.78, 5) is 14.0. The van der Waals surface area contributed by atoms with Gasteiger partial charge in [-0.2, -0.15) is 5.10 Å². The third-order valence-corrected chi connectivity index (χ3v) is 6.85. The molecule has 1 spiro atoms. The molecule has 0 N–H and O–H groups in total. The zero-order valence-electron chi connectivity index (χ0n) is 18.7. The van der Waals surface area contributed by atoms with Crippen LogP contribution in [0.25, 0.3) is 0 Å². The van der Waals surface area contributed by atoms with Gasteiger partial charge < -0.3 is 23.8 Å². The molecule has 0 aromatic heterocycles. The van der Waals surface area contributed by atoms with Gasteiger partial charge in [0, 0.05) is 43.5 Å². The van der Waals surface area contributed by atoms with Crippen molar-refractivity contribution >= 4 is 11.8 Å². The molecule has 0 bridgehead atoms. The van der Waals surface area contributed by atoms with Crippen LogP contribution in [0.4, 0.5) is 4.79 Å². The lowest BCUT2D eigenvalue weighted by molar-refractivity contribution is -0.147. The predicted molar refractivity (Wildman–Crippen MR) is 121 cm³/mol. The minimum atomic E-state index is -0.586. The summed E-state index contributed by atoms with van der Waals surface area (Å²) in [5.74, 6) is 2.44. The van der Waals surface area contributed by atoms with E-state index >= 15 is 0 Å². The number of nitrogens with zero attached hydrogens (tertiary/aromatic N) is 3. The SMILES string of the molecule is CCOC(=O)N1CCC2(CC1)Oc1ccccc1[C@@H]1CC(c3ccc4c(c3)OCCO4)=NN12. The number of carbonyl (C=O) groups excluding carboxylic acids is 1. The zero-order chi connectivity index (χ0) is 22.4. The summed E-state index contributed by atoms with van der Waals surface area (Å²) in [5, 5.41) is 7.25. The number of carbonyl (C=O) groups is 1. The molecule has 4 heterocycles. The van der Waals surface area contributed by atoms with Gasteiger partial charge >= 0.3 is 6.09 Å². The molecule has 4 aliphatic heterocycles. The van der Waals surface area contributed by atoms with Gasteiger partial charge in [-0.25, -0.2) is 9.80 Å². The largest absolute Gasteiger partial charge is 0.486 e. The lowest BCUT2D eigenvalue weighted by Crippen LogP contribution is -2.59. The Labute approximate surface area is 192 Å². The fourth-order valence-electron chi connectivity index (χ4n) is 5.21. The van der Waals surface area contributed by atoms with Crippen molar-refractivity contribution in [3.8, 4) is 17.2 Å². The molecule has 33 heavy (non-hydrogen) atoms. The quantitative estimate of drug-likeness (QED) is 0.691. The Morgan fingerprint density at radius 3 is 2.70 bits per heavy atom. The maximum Gasteiger partial charge on any atom is 0.409 e. The van der Waals surface area contributed by atoms with Gasteiger partial charge in [-0.3, -0.25) is 0 Å². The van der Waals surface area contributed by atoms with Crippen molar-refractivity contribution in [2.75, 3.05) is 32.9 Å². The van der Waals surface area contributed by atoms with Crippen LogP contribution in [0, 0.1) is 0 Å². The minimum absolute atomic E-state index is 0.0901. The summed E-state index contributed by atoms with van der Waals surface area (Å²) in [6, 6.07) is 14.3. The number of amides is 1. The Balaban J connectivity index is 1.33. The third kappa shape index (κ3) is 3.35. The van der Waals surface area contributed by atoms with Gasteiger partial charge in [0.2, 0.25) is 5.72 Å². The zero-order valence-corrected chi connectivity index (χ0v) is 18.7. The van der Waals surface area contributed by atoms with Crippen LogP contribution < -0.4 is 14.2 Å². The number of fused-ring (bicyclic) bond motifs is 5. The number of likely N-dealkylation sites (tertiary alicyclic amines) is 1. The monoisotopic (exact) mass is 449 g/mol. The highest BCUT2D eigenvalue weighted by Gasteiger charge is 2.52. The summed E-state index contributed by atoms with van der Waals surface area (Å²) < 4.78 is 23.3. The maximum atomic E-state index is 12.2. The summed E-state index contributed by atoms with van der Waals surface area (Å²) >= 11 is 0. The van der Waals surface area contributed by atoms with Crippen molar-refractivity contribution in [1.82, 2.24) is 9.91 Å². The second kappa shape index (κ2) is 7.86. The summed E-state index contributed by atoms with van der Waals surface area (Å²) in [6.07, 6.45) is 1.84. The minimum Gasteiger partial charge on any atom is -0.486 e. The smallest absolute Gasteiger partial charge is 0.409 e. The van der Waals surface area contributed by atoms with Gasteiger partial charge in [-0.05, 0) is 31.2 Å². The number of piperidine rings is 1. The molecule has 0 saturated carbocycles. The van der Waals surface area contributed by atoms with Gasteiger partial charge in [-0.1, -0.05) is 18.2 Å². The first-order valence-electron chi connectivity index (χ1n) is 11.6. The Bertz CT molecular complexity index is 1110. The molecule has 8 heteroatoms. The highest BCUT2D eigenvalue weighted by atomic mass is 16.6. The highest BCUT2D eigenvalue weighted by Crippen LogP contribution is 2.50. The lowest BCUT2D eigenvalue weighted by atomic mass is 9.91. The maximum absolute atomic E-state index is 12.2. The Morgan fingerprint density at radius 1 is 1.09 bits per heavy atom. The first kappa shape index (κ1) is 20.2. The van der Waals surface area contributed by atoms with Crippen LogP contribution in [0.2, 0.25) is 0 Å². The molecule has 172 valence electrons. The van der Waals surface area contributed by atoms with E-state index in [0.717, 1.165) is 40.5 Å². The van der Waals surface area contributed by atoms with E-state index in [2.05, 4.69) is 11.1 Å². The van der Waals surface area contributed by atoms with Crippen LogP contribution in [0.15, 0.2) is 47.6 Å². The molecular formula is C25H27N3O5. The summed E-state index contributed by atoms with van der Waals surface area (Å²) in [7, 11) is 0. The second-order valence-electron chi connectivity index (χ2n) is 8.74. The van der Waals surface area contributed by atoms with Crippen LogP contribution >= 0.6 is 0 Å². The van der Waals surface area contributed by atoms with E-state index in [4.69, 9.17) is 24.0 Å². The van der Waals surface area contributed by atoms with Gasteiger partial charge in [0.1, 0.15) is 19.0 Å². The van der Waals surface area contributed by atoms with Crippen molar-refractivity contribution in [3.05, 3.63) is 53.6 Å². The molecule has 0 unspecified atom stereocenters. The standard InChI is InChI=1S/C25H27N3O5/c1-2-30-24(29)27-11-9-25(10-12-27)28-20(18-5-3-4-6-21(18)33-25)16-19(26-28)17-7-8-22-23(15-17)32-14-13-31-22/h3-8,15,20H,2,9-14,16H2,1H3/t20-/m0/s1. The van der Waals surface area contributed by atoms with E-state index in [1.807, 2.05) is 43.3 Å². The summed E-state index contributed by atoms with van der Waals surface area (Å²) in [5.41, 5.74) is 2.60. The first-order chi connectivity index (χ1) is 16.2. The molecule has 0 radical (unpaired) electrons. The lowest BCUT2D eigenvalue weighted by Gasteiger charge is -2.50. The Morgan fingerprint density at radius 2 is 1.88 bits per heavy atom. The molecule has 1 atom stereocenters. The summed E-state index contributed by atoms with van der Waals surface area (Å²) in [6.45, 7) is 4.47. The van der Waals surface area contributed by atoms with Crippen LogP contribution in [0.1, 0.15) is 43.4 Å². The van der Waals surface area contributed by atoms with Gasteiger partial charge in [0.05, 0.1) is 18.4 Å². The molecule has 1 saturated heterocycles. The molecule has 6 rings (SSSR count). The normalized spacial score (nSPS) is 22.2. The number of para-hydroxylation sites is 1. The number of hydrogen-bond donors (Lipinski definition) is 0. The molecule has 2 aromatic carbocycles. The van der Waals surface area contributed by atoms with Crippen molar-refractivity contribution < 1.29 is 23.7 Å². The fraction of sp³-hybridized carbons (Fsp3) is 0.440. The number of ether oxygens (including phenoxy) is 4. The van der Waals surface area contributed by atoms with Crippen molar-refractivity contribution in [3.63, 3.8) is 0 Å². The predicted octanol–water partition coefficient (Wildman–Crippen LogP) is 3.95. The molecule has 8 nitrogen and oxygen atoms in total. The van der Waals surface area contributed by atoms with Crippen molar-refractivity contribution in [1.29, 1.82) is 0 Å². The average molecular weight is 450 g/mol. The van der Waals surface area contributed by atoms with E-state index in [0.29, 0.717) is 45.8 Å². The highest BCUT2D eigenvalue weighted by molar-refractivity contribution is 6.02. The Hall–Kier alpha value is -3.42. The average Bonchev–Trinajstić information content (AvgIpc) is 3.31. The van der Waals surface area contributed by atoms with Crippen LogP contribution in [-0.2, 0) is 4.74 Å². The topological polar surface area (TPSA) is 72.8 Å². The first-order valence-corrected chi connectivity index (χ1v) is 11.6. The van der Waals surface area contributed by atoms with Crippen LogP contribution in [0.5, 0.6) is 17.2 Å². The number of hydrogen-bond acceptors (Lipinski definition) is 7. The van der Waals surface area contributed by atoms with E-state index in [-0.39, 0.29) is 12.1 Å². The van der Waals surface area contributed by atoms with E-state index < -0.39 is 5.72 Å². The van der Waals surface area contributed by atoms with Crippen molar-refractivity contribution in [2.45, 2.75) is 38.0 Å². The van der Waals surface area contributed by atoms with Crippen LogP contribution in [-0.4, -0.2) is 60.3 Å². The van der Waals surface area contributed by atoms with Gasteiger partial charge in [-0.15, -0.1) is 0 Å². The molecule has 0 aliphatic carbocycles.